The lowest BCUT2D eigenvalue weighted by Crippen LogP contribution is -2.37. The Bertz CT molecular complexity index is 394. The lowest BCUT2D eigenvalue weighted by molar-refractivity contribution is 0.195. The van der Waals surface area contributed by atoms with Crippen molar-refractivity contribution in [2.75, 3.05) is 34.4 Å². The summed E-state index contributed by atoms with van der Waals surface area (Å²) >= 11 is 0. The number of benzene rings is 1. The van der Waals surface area contributed by atoms with E-state index in [-0.39, 0.29) is 0 Å². The van der Waals surface area contributed by atoms with Crippen LogP contribution in [0.2, 0.25) is 0 Å². The number of aliphatic imine (C=N–C) groups is 1. The van der Waals surface area contributed by atoms with Gasteiger partial charge in [0, 0.05) is 39.4 Å². The highest BCUT2D eigenvalue weighted by atomic mass is 16.5. The maximum absolute atomic E-state index is 5.31. The van der Waals surface area contributed by atoms with Gasteiger partial charge in [-0.05, 0) is 12.5 Å². The fraction of sp³-hybridized carbons (Fsp3) is 0.500. The summed E-state index contributed by atoms with van der Waals surface area (Å²) in [5, 5.41) is 6.49. The van der Waals surface area contributed by atoms with Gasteiger partial charge in [0.05, 0.1) is 7.11 Å². The summed E-state index contributed by atoms with van der Waals surface area (Å²) in [6.45, 7) is 2.25. The first-order valence-corrected chi connectivity index (χ1v) is 6.37. The molecule has 0 aromatic heterocycles. The minimum Gasteiger partial charge on any atom is -0.496 e. The van der Waals surface area contributed by atoms with Crippen LogP contribution in [0.15, 0.2) is 29.3 Å². The number of nitrogens with one attached hydrogen (secondary N) is 2. The fourth-order valence-corrected chi connectivity index (χ4v) is 1.67. The molecule has 2 N–H and O–H groups in total. The van der Waals surface area contributed by atoms with Crippen LogP contribution in [-0.4, -0.2) is 40.4 Å². The fourth-order valence-electron chi connectivity index (χ4n) is 1.67. The zero-order valence-corrected chi connectivity index (χ0v) is 11.9. The Labute approximate surface area is 115 Å². The Hall–Kier alpha value is -1.75. The van der Waals surface area contributed by atoms with Crippen molar-refractivity contribution in [1.29, 1.82) is 0 Å². The summed E-state index contributed by atoms with van der Waals surface area (Å²) < 4.78 is 10.3. The predicted octanol–water partition coefficient (Wildman–Crippen LogP) is 1.40. The van der Waals surface area contributed by atoms with E-state index in [0.29, 0.717) is 6.54 Å². The zero-order chi connectivity index (χ0) is 13.9. The van der Waals surface area contributed by atoms with Crippen molar-refractivity contribution in [3.8, 4) is 5.75 Å². The minimum absolute atomic E-state index is 0.675. The molecule has 5 nitrogen and oxygen atoms in total. The molecule has 5 heteroatoms. The highest BCUT2D eigenvalue weighted by molar-refractivity contribution is 5.79. The average molecular weight is 265 g/mol. The Balaban J connectivity index is 2.40. The summed E-state index contributed by atoms with van der Waals surface area (Å²) in [6.07, 6.45) is 0.950. The van der Waals surface area contributed by atoms with E-state index >= 15 is 0 Å². The summed E-state index contributed by atoms with van der Waals surface area (Å²) in [7, 11) is 5.14. The molecule has 0 bridgehead atoms. The van der Waals surface area contributed by atoms with Gasteiger partial charge in [-0.1, -0.05) is 18.2 Å². The first-order valence-electron chi connectivity index (χ1n) is 6.37. The Morgan fingerprint density at radius 3 is 2.68 bits per heavy atom. The third-order valence-corrected chi connectivity index (χ3v) is 2.68. The van der Waals surface area contributed by atoms with Crippen LogP contribution >= 0.6 is 0 Å². The van der Waals surface area contributed by atoms with Crippen molar-refractivity contribution >= 4 is 5.96 Å². The average Bonchev–Trinajstić information content (AvgIpc) is 2.47. The number of guanidine groups is 1. The molecule has 0 aliphatic rings. The normalized spacial score (nSPS) is 11.2. The molecular formula is C14H23N3O2. The second-order valence-corrected chi connectivity index (χ2v) is 4.01. The van der Waals surface area contributed by atoms with Crippen LogP contribution in [0.1, 0.15) is 12.0 Å². The maximum Gasteiger partial charge on any atom is 0.191 e. The monoisotopic (exact) mass is 265 g/mol. The van der Waals surface area contributed by atoms with Crippen LogP contribution in [0.5, 0.6) is 5.75 Å². The Morgan fingerprint density at radius 1 is 1.21 bits per heavy atom. The Morgan fingerprint density at radius 2 is 2.00 bits per heavy atom. The van der Waals surface area contributed by atoms with Crippen molar-refractivity contribution in [3.63, 3.8) is 0 Å². The van der Waals surface area contributed by atoms with Crippen LogP contribution in [0.3, 0.4) is 0 Å². The van der Waals surface area contributed by atoms with Crippen LogP contribution in [0.4, 0.5) is 0 Å². The van der Waals surface area contributed by atoms with Crippen LogP contribution < -0.4 is 15.4 Å². The van der Waals surface area contributed by atoms with Crippen molar-refractivity contribution in [2.45, 2.75) is 13.0 Å². The zero-order valence-electron chi connectivity index (χ0n) is 11.9. The van der Waals surface area contributed by atoms with Crippen LogP contribution in [0.25, 0.3) is 0 Å². The van der Waals surface area contributed by atoms with Gasteiger partial charge in [-0.25, -0.2) is 0 Å². The Kier molecular flexibility index (Phi) is 7.43. The van der Waals surface area contributed by atoms with Crippen LogP contribution in [-0.2, 0) is 11.3 Å². The number of hydrogen-bond acceptors (Lipinski definition) is 3. The van der Waals surface area contributed by atoms with E-state index in [1.807, 2.05) is 24.3 Å². The molecule has 0 atom stereocenters. The highest BCUT2D eigenvalue weighted by Crippen LogP contribution is 2.16. The summed E-state index contributed by atoms with van der Waals surface area (Å²) in [5.41, 5.74) is 1.10. The number of rotatable bonds is 7. The maximum atomic E-state index is 5.31. The van der Waals surface area contributed by atoms with E-state index in [1.165, 1.54) is 0 Å². The quantitative estimate of drug-likeness (QED) is 0.444. The number of hydrogen-bond donors (Lipinski definition) is 2. The molecule has 1 aromatic carbocycles. The molecule has 0 saturated heterocycles. The van der Waals surface area contributed by atoms with E-state index in [1.54, 1.807) is 21.3 Å². The summed E-state index contributed by atoms with van der Waals surface area (Å²) in [6, 6.07) is 7.93. The smallest absolute Gasteiger partial charge is 0.191 e. The van der Waals surface area contributed by atoms with Gasteiger partial charge in [0.25, 0.3) is 0 Å². The van der Waals surface area contributed by atoms with E-state index in [2.05, 4.69) is 15.6 Å². The molecule has 0 unspecified atom stereocenters. The predicted molar refractivity (Wildman–Crippen MR) is 77.7 cm³/mol. The molecule has 0 radical (unpaired) electrons. The van der Waals surface area contributed by atoms with Crippen LogP contribution in [0, 0.1) is 0 Å². The molecule has 1 rings (SSSR count). The van der Waals surface area contributed by atoms with Gasteiger partial charge in [-0.2, -0.15) is 0 Å². The largest absolute Gasteiger partial charge is 0.496 e. The van der Waals surface area contributed by atoms with E-state index in [9.17, 15) is 0 Å². The molecular weight excluding hydrogens is 242 g/mol. The first kappa shape index (κ1) is 15.3. The number of para-hydroxylation sites is 1. The van der Waals surface area contributed by atoms with E-state index < -0.39 is 0 Å². The molecule has 0 amide bonds. The molecule has 0 saturated carbocycles. The van der Waals surface area contributed by atoms with Crippen molar-refractivity contribution < 1.29 is 9.47 Å². The van der Waals surface area contributed by atoms with Gasteiger partial charge in [-0.3, -0.25) is 4.99 Å². The van der Waals surface area contributed by atoms with E-state index in [0.717, 1.165) is 36.8 Å². The third-order valence-electron chi connectivity index (χ3n) is 2.68. The van der Waals surface area contributed by atoms with Gasteiger partial charge < -0.3 is 20.1 Å². The SMILES string of the molecule is CN=C(NCCCOC)NCc1ccccc1OC. The first-order chi connectivity index (χ1) is 9.31. The van der Waals surface area contributed by atoms with Crippen molar-refractivity contribution in [1.82, 2.24) is 10.6 Å². The van der Waals surface area contributed by atoms with E-state index in [4.69, 9.17) is 9.47 Å². The molecule has 0 fully saturated rings. The van der Waals surface area contributed by atoms with Gasteiger partial charge in [0.2, 0.25) is 0 Å². The highest BCUT2D eigenvalue weighted by Gasteiger charge is 2.02. The molecule has 106 valence electrons. The number of ether oxygens (including phenoxy) is 2. The molecule has 0 aliphatic heterocycles. The molecule has 0 heterocycles. The lowest BCUT2D eigenvalue weighted by atomic mass is 10.2. The second-order valence-electron chi connectivity index (χ2n) is 4.01. The van der Waals surface area contributed by atoms with Gasteiger partial charge >= 0.3 is 0 Å². The molecule has 0 spiro atoms. The second kappa shape index (κ2) is 9.22. The number of methoxy groups -OCH3 is 2. The van der Waals surface area contributed by atoms with Crippen molar-refractivity contribution in [3.05, 3.63) is 29.8 Å². The number of nitrogens with zero attached hydrogens (tertiary/aromatic N) is 1. The third kappa shape index (κ3) is 5.61. The molecule has 19 heavy (non-hydrogen) atoms. The standard InChI is InChI=1S/C14H23N3O2/c1-15-14(16-9-6-10-18-2)17-11-12-7-4-5-8-13(12)19-3/h4-5,7-8H,6,9-11H2,1-3H3,(H2,15,16,17). The lowest BCUT2D eigenvalue weighted by Gasteiger charge is -2.13. The topological polar surface area (TPSA) is 54.9 Å². The summed E-state index contributed by atoms with van der Waals surface area (Å²) in [4.78, 5) is 4.17. The van der Waals surface area contributed by atoms with Gasteiger partial charge in [-0.15, -0.1) is 0 Å². The molecule has 0 aliphatic carbocycles. The summed E-state index contributed by atoms with van der Waals surface area (Å²) in [5.74, 6) is 1.66. The van der Waals surface area contributed by atoms with Gasteiger partial charge in [0.1, 0.15) is 5.75 Å². The van der Waals surface area contributed by atoms with Gasteiger partial charge in [0.15, 0.2) is 5.96 Å². The van der Waals surface area contributed by atoms with Crippen molar-refractivity contribution in [2.24, 2.45) is 4.99 Å². The molecule has 1 aromatic rings. The minimum atomic E-state index is 0.675.